The second-order valence-corrected chi connectivity index (χ2v) is 2.28. The van der Waals surface area contributed by atoms with Gasteiger partial charge in [-0.1, -0.05) is 18.2 Å². The number of hydrogen-bond acceptors (Lipinski definition) is 1. The van der Waals surface area contributed by atoms with Crippen LogP contribution in [0.1, 0.15) is 6.42 Å². The van der Waals surface area contributed by atoms with Gasteiger partial charge in [0.2, 0.25) is 5.95 Å². The van der Waals surface area contributed by atoms with Crippen molar-refractivity contribution in [1.82, 2.24) is 0 Å². The van der Waals surface area contributed by atoms with Crippen LogP contribution in [0.3, 0.4) is 0 Å². The van der Waals surface area contributed by atoms with Crippen LogP contribution in [-0.2, 0) is 0 Å². The quantitative estimate of drug-likeness (QED) is 0.451. The molecule has 2 rings (SSSR count). The largest absolute Gasteiger partial charge is 0.224 e. The third kappa shape index (κ3) is 0.727. The minimum atomic E-state index is -0.370. The van der Waals surface area contributed by atoms with Crippen LogP contribution in [0.15, 0.2) is 40.8 Å². The highest BCUT2D eigenvalue weighted by Gasteiger charge is 2.13. The second-order valence-electron chi connectivity index (χ2n) is 2.28. The monoisotopic (exact) mass is 135 g/mol. The molecule has 10 heavy (non-hydrogen) atoms. The molecule has 0 aromatic heterocycles. The molecule has 0 saturated carbocycles. The third-order valence-corrected chi connectivity index (χ3v) is 1.57. The van der Waals surface area contributed by atoms with Crippen LogP contribution in [0.4, 0.5) is 4.39 Å². The number of nitrogens with zero attached hydrogens (tertiary/aromatic N) is 1. The van der Waals surface area contributed by atoms with Gasteiger partial charge in [-0.05, 0) is 0 Å². The smallest absolute Gasteiger partial charge is 0.213 e. The lowest BCUT2D eigenvalue weighted by atomic mass is 10.0. The summed E-state index contributed by atoms with van der Waals surface area (Å²) in [4.78, 5) is 3.70. The summed E-state index contributed by atoms with van der Waals surface area (Å²) in [5.74, 6) is -0.370. The standard InChI is InChI=1S/C8H6FN/c9-8-5-6-3-1-2-4-7(6)10-8/h1-3,5H,4H2. The fourth-order valence-corrected chi connectivity index (χ4v) is 1.10. The molecule has 0 aromatic carbocycles. The molecule has 2 heteroatoms. The van der Waals surface area contributed by atoms with Crippen LogP contribution < -0.4 is 0 Å². The second kappa shape index (κ2) is 1.90. The molecule has 2 aliphatic rings. The maximum atomic E-state index is 12.4. The lowest BCUT2D eigenvalue weighted by Gasteiger charge is -2.00. The predicted molar refractivity (Wildman–Crippen MR) is 38.5 cm³/mol. The Morgan fingerprint density at radius 3 is 3.20 bits per heavy atom. The van der Waals surface area contributed by atoms with Crippen molar-refractivity contribution in [2.45, 2.75) is 6.42 Å². The maximum absolute atomic E-state index is 12.4. The number of rotatable bonds is 0. The molecule has 0 fully saturated rings. The topological polar surface area (TPSA) is 12.4 Å². The van der Waals surface area contributed by atoms with E-state index in [1.54, 1.807) is 0 Å². The van der Waals surface area contributed by atoms with E-state index in [0.717, 1.165) is 17.7 Å². The van der Waals surface area contributed by atoms with Gasteiger partial charge in [-0.25, -0.2) is 4.99 Å². The summed E-state index contributed by atoms with van der Waals surface area (Å²) in [6.45, 7) is 0. The molecule has 1 aliphatic heterocycles. The van der Waals surface area contributed by atoms with Crippen molar-refractivity contribution in [3.05, 3.63) is 35.8 Å². The summed E-state index contributed by atoms with van der Waals surface area (Å²) in [6.07, 6.45) is 7.97. The van der Waals surface area contributed by atoms with Crippen molar-refractivity contribution in [3.63, 3.8) is 0 Å². The molecule has 0 bridgehead atoms. The summed E-state index contributed by atoms with van der Waals surface area (Å²) < 4.78 is 12.4. The van der Waals surface area contributed by atoms with E-state index in [9.17, 15) is 4.39 Å². The van der Waals surface area contributed by atoms with Crippen LogP contribution in [0, 0.1) is 0 Å². The molecule has 1 nitrogen and oxygen atoms in total. The highest BCUT2D eigenvalue weighted by molar-refractivity contribution is 6.06. The van der Waals surface area contributed by atoms with Crippen molar-refractivity contribution in [2.24, 2.45) is 4.99 Å². The van der Waals surface area contributed by atoms with Gasteiger partial charge >= 0.3 is 0 Å². The number of aliphatic imine (C=N–C) groups is 1. The van der Waals surface area contributed by atoms with Gasteiger partial charge in [0.1, 0.15) is 0 Å². The van der Waals surface area contributed by atoms with Gasteiger partial charge in [0, 0.05) is 18.1 Å². The van der Waals surface area contributed by atoms with E-state index < -0.39 is 0 Å². The lowest BCUT2D eigenvalue weighted by Crippen LogP contribution is -1.97. The van der Waals surface area contributed by atoms with Crippen molar-refractivity contribution in [1.29, 1.82) is 0 Å². The molecule has 0 aromatic rings. The van der Waals surface area contributed by atoms with Crippen LogP contribution in [-0.4, -0.2) is 5.71 Å². The average molecular weight is 135 g/mol. The van der Waals surface area contributed by atoms with E-state index in [2.05, 4.69) is 4.99 Å². The molecule has 0 spiro atoms. The highest BCUT2D eigenvalue weighted by Crippen LogP contribution is 2.21. The summed E-state index contributed by atoms with van der Waals surface area (Å²) >= 11 is 0. The van der Waals surface area contributed by atoms with Crippen molar-refractivity contribution in [2.75, 3.05) is 0 Å². The Morgan fingerprint density at radius 2 is 2.40 bits per heavy atom. The van der Waals surface area contributed by atoms with Gasteiger partial charge in [-0.15, -0.1) is 0 Å². The van der Waals surface area contributed by atoms with E-state index in [-0.39, 0.29) is 5.95 Å². The number of halogens is 1. The van der Waals surface area contributed by atoms with E-state index in [1.807, 2.05) is 18.2 Å². The number of hydrogen-bond donors (Lipinski definition) is 0. The first kappa shape index (κ1) is 5.59. The Balaban J connectivity index is 2.45. The van der Waals surface area contributed by atoms with E-state index in [0.29, 0.717) is 0 Å². The molecule has 50 valence electrons. The van der Waals surface area contributed by atoms with Gasteiger partial charge in [-0.3, -0.25) is 0 Å². The van der Waals surface area contributed by atoms with Gasteiger partial charge in [0.25, 0.3) is 0 Å². The fraction of sp³-hybridized carbons (Fsp3) is 0.125. The van der Waals surface area contributed by atoms with E-state index >= 15 is 0 Å². The first-order valence-electron chi connectivity index (χ1n) is 3.18. The van der Waals surface area contributed by atoms with E-state index in [4.69, 9.17) is 0 Å². The molecule has 0 N–H and O–H groups in total. The van der Waals surface area contributed by atoms with Crippen LogP contribution >= 0.6 is 0 Å². The Hall–Kier alpha value is -1.18. The number of fused-ring (bicyclic) bond motifs is 1. The van der Waals surface area contributed by atoms with Crippen molar-refractivity contribution in [3.8, 4) is 0 Å². The van der Waals surface area contributed by atoms with Crippen LogP contribution in [0.5, 0.6) is 0 Å². The summed E-state index contributed by atoms with van der Waals surface area (Å²) in [6, 6.07) is 0. The van der Waals surface area contributed by atoms with Gasteiger partial charge in [-0.2, -0.15) is 4.39 Å². The molecular weight excluding hydrogens is 129 g/mol. The average Bonchev–Trinajstić information content (AvgIpc) is 2.27. The summed E-state index contributed by atoms with van der Waals surface area (Å²) in [5, 5.41) is 0. The van der Waals surface area contributed by atoms with Crippen molar-refractivity contribution >= 4 is 5.71 Å². The predicted octanol–water partition coefficient (Wildman–Crippen LogP) is 2.14. The van der Waals surface area contributed by atoms with Crippen LogP contribution in [0.2, 0.25) is 0 Å². The Labute approximate surface area is 58.3 Å². The third-order valence-electron chi connectivity index (χ3n) is 1.57. The van der Waals surface area contributed by atoms with Gasteiger partial charge < -0.3 is 0 Å². The molecule has 0 radical (unpaired) electrons. The first-order valence-corrected chi connectivity index (χ1v) is 3.18. The lowest BCUT2D eigenvalue weighted by molar-refractivity contribution is 0.632. The van der Waals surface area contributed by atoms with Gasteiger partial charge in [0.05, 0.1) is 5.71 Å². The molecule has 1 heterocycles. The Morgan fingerprint density at radius 1 is 1.50 bits per heavy atom. The SMILES string of the molecule is FC1=CC2=CC=CCC2=N1. The van der Waals surface area contributed by atoms with Crippen LogP contribution in [0.25, 0.3) is 0 Å². The zero-order valence-electron chi connectivity index (χ0n) is 5.34. The summed E-state index contributed by atoms with van der Waals surface area (Å²) in [7, 11) is 0. The normalized spacial score (nSPS) is 21.5. The minimum absolute atomic E-state index is 0.370. The van der Waals surface area contributed by atoms with Crippen molar-refractivity contribution < 1.29 is 4.39 Å². The number of allylic oxidation sites excluding steroid dienone is 5. The molecule has 0 unspecified atom stereocenters. The summed E-state index contributed by atoms with van der Waals surface area (Å²) in [5.41, 5.74) is 1.76. The zero-order chi connectivity index (χ0) is 6.97. The highest BCUT2D eigenvalue weighted by atomic mass is 19.1. The zero-order valence-corrected chi connectivity index (χ0v) is 5.34. The maximum Gasteiger partial charge on any atom is 0.213 e. The van der Waals surface area contributed by atoms with E-state index in [1.165, 1.54) is 6.08 Å². The molecule has 0 saturated heterocycles. The first-order chi connectivity index (χ1) is 4.86. The molecular formula is C8H6FN. The minimum Gasteiger partial charge on any atom is -0.224 e. The Kier molecular flexibility index (Phi) is 1.07. The molecule has 0 amide bonds. The van der Waals surface area contributed by atoms with Gasteiger partial charge in [0.15, 0.2) is 0 Å². The Bertz CT molecular complexity index is 282. The molecule has 1 aliphatic carbocycles. The fourth-order valence-electron chi connectivity index (χ4n) is 1.10. The molecule has 0 atom stereocenters.